The van der Waals surface area contributed by atoms with Crippen molar-refractivity contribution in [2.75, 3.05) is 13.2 Å². The molecule has 0 amide bonds. The van der Waals surface area contributed by atoms with Crippen molar-refractivity contribution in [3.63, 3.8) is 0 Å². The van der Waals surface area contributed by atoms with Gasteiger partial charge in [0.1, 0.15) is 0 Å². The van der Waals surface area contributed by atoms with Crippen LogP contribution >= 0.6 is 0 Å². The van der Waals surface area contributed by atoms with E-state index >= 15 is 0 Å². The molecule has 1 saturated heterocycles. The molecular weight excluding hydrogens is 152 g/mol. The third-order valence-corrected chi connectivity index (χ3v) is 2.72. The van der Waals surface area contributed by atoms with Crippen molar-refractivity contribution >= 4 is 0 Å². The molecule has 2 rings (SSSR count). The van der Waals surface area contributed by atoms with Gasteiger partial charge in [-0.2, -0.15) is 0 Å². The van der Waals surface area contributed by atoms with E-state index in [2.05, 4.69) is 13.0 Å². The quantitative estimate of drug-likeness (QED) is 0.559. The average molecular weight is 168 g/mol. The Morgan fingerprint density at radius 1 is 1.42 bits per heavy atom. The van der Waals surface area contributed by atoms with Crippen LogP contribution in [0.3, 0.4) is 0 Å². The first-order valence-corrected chi connectivity index (χ1v) is 4.80. The fourth-order valence-electron chi connectivity index (χ4n) is 2.02. The van der Waals surface area contributed by atoms with Gasteiger partial charge in [-0.25, -0.2) is 0 Å². The van der Waals surface area contributed by atoms with E-state index in [1.807, 2.05) is 0 Å². The molecule has 2 nitrogen and oxygen atoms in total. The third-order valence-electron chi connectivity index (χ3n) is 2.72. The van der Waals surface area contributed by atoms with Crippen LogP contribution in [0, 0.1) is 0 Å². The molecule has 2 heteroatoms. The molecule has 1 heterocycles. The largest absolute Gasteiger partial charge is 0.347 e. The van der Waals surface area contributed by atoms with Gasteiger partial charge in [-0.05, 0) is 12.8 Å². The predicted molar refractivity (Wildman–Crippen MR) is 46.9 cm³/mol. The van der Waals surface area contributed by atoms with E-state index < -0.39 is 0 Å². The van der Waals surface area contributed by atoms with Gasteiger partial charge >= 0.3 is 0 Å². The minimum atomic E-state index is -0.222. The lowest BCUT2D eigenvalue weighted by molar-refractivity contribution is -0.163. The first-order valence-electron chi connectivity index (χ1n) is 4.80. The van der Waals surface area contributed by atoms with Gasteiger partial charge in [0.25, 0.3) is 0 Å². The van der Waals surface area contributed by atoms with Crippen LogP contribution in [-0.2, 0) is 9.47 Å². The first-order chi connectivity index (χ1) is 5.85. The third kappa shape index (κ3) is 1.41. The molecule has 0 N–H and O–H groups in total. The second-order valence-corrected chi connectivity index (χ2v) is 3.54. The number of rotatable bonds is 1. The molecule has 0 aromatic heterocycles. The number of allylic oxidation sites excluding steroid dienone is 1. The molecule has 0 atom stereocenters. The molecule has 0 radical (unpaired) electrons. The van der Waals surface area contributed by atoms with Crippen LogP contribution in [0.2, 0.25) is 0 Å². The Labute approximate surface area is 73.5 Å². The van der Waals surface area contributed by atoms with Crippen LogP contribution in [0.1, 0.15) is 32.6 Å². The fourth-order valence-corrected chi connectivity index (χ4v) is 2.02. The molecule has 2 aliphatic rings. The lowest BCUT2D eigenvalue weighted by atomic mass is 9.92. The highest BCUT2D eigenvalue weighted by Crippen LogP contribution is 2.36. The number of ether oxygens (including phenoxy) is 2. The van der Waals surface area contributed by atoms with Gasteiger partial charge in [0.15, 0.2) is 5.79 Å². The lowest BCUT2D eigenvalue weighted by Gasteiger charge is -2.31. The maximum atomic E-state index is 5.65. The van der Waals surface area contributed by atoms with Crippen molar-refractivity contribution in [2.45, 2.75) is 38.4 Å². The molecule has 0 aromatic rings. The second kappa shape index (κ2) is 3.19. The molecule has 68 valence electrons. The zero-order chi connectivity index (χ0) is 8.44. The van der Waals surface area contributed by atoms with Crippen LogP contribution in [0.4, 0.5) is 0 Å². The highest BCUT2D eigenvalue weighted by Gasteiger charge is 2.37. The van der Waals surface area contributed by atoms with Crippen molar-refractivity contribution in [2.24, 2.45) is 0 Å². The van der Waals surface area contributed by atoms with E-state index in [-0.39, 0.29) is 5.79 Å². The Bertz CT molecular complexity index is 190. The predicted octanol–water partition coefficient (Wildman–Crippen LogP) is 2.25. The van der Waals surface area contributed by atoms with E-state index in [4.69, 9.17) is 9.47 Å². The molecule has 0 aromatic carbocycles. The normalized spacial score (nSPS) is 27.6. The summed E-state index contributed by atoms with van der Waals surface area (Å²) in [7, 11) is 0. The molecule has 12 heavy (non-hydrogen) atoms. The summed E-state index contributed by atoms with van der Waals surface area (Å²) in [6.07, 6.45) is 6.61. The summed E-state index contributed by atoms with van der Waals surface area (Å²) in [5, 5.41) is 0. The van der Waals surface area contributed by atoms with Gasteiger partial charge in [0.05, 0.1) is 13.2 Å². The average Bonchev–Trinajstić information content (AvgIpc) is 2.53. The van der Waals surface area contributed by atoms with E-state index in [0.29, 0.717) is 0 Å². The fraction of sp³-hybridized carbons (Fsp3) is 0.800. The van der Waals surface area contributed by atoms with Gasteiger partial charge < -0.3 is 9.47 Å². The van der Waals surface area contributed by atoms with Gasteiger partial charge in [-0.15, -0.1) is 0 Å². The van der Waals surface area contributed by atoms with E-state index in [1.165, 1.54) is 5.57 Å². The maximum Gasteiger partial charge on any atom is 0.172 e. The van der Waals surface area contributed by atoms with Crippen molar-refractivity contribution < 1.29 is 9.47 Å². The van der Waals surface area contributed by atoms with Gasteiger partial charge in [-0.1, -0.05) is 18.6 Å². The molecule has 1 aliphatic carbocycles. The minimum Gasteiger partial charge on any atom is -0.347 e. The molecule has 1 aliphatic heterocycles. The highest BCUT2D eigenvalue weighted by atomic mass is 16.7. The summed E-state index contributed by atoms with van der Waals surface area (Å²) in [5.41, 5.74) is 1.49. The van der Waals surface area contributed by atoms with Crippen LogP contribution in [0.25, 0.3) is 0 Å². The van der Waals surface area contributed by atoms with E-state index in [0.717, 1.165) is 38.9 Å². The summed E-state index contributed by atoms with van der Waals surface area (Å²) >= 11 is 0. The number of hydrogen-bond donors (Lipinski definition) is 0. The van der Waals surface area contributed by atoms with Crippen LogP contribution in [0.15, 0.2) is 11.6 Å². The zero-order valence-electron chi connectivity index (χ0n) is 7.64. The van der Waals surface area contributed by atoms with Gasteiger partial charge in [0, 0.05) is 12.8 Å². The zero-order valence-corrected chi connectivity index (χ0v) is 7.64. The molecule has 0 saturated carbocycles. The van der Waals surface area contributed by atoms with E-state index in [1.54, 1.807) is 0 Å². The Morgan fingerprint density at radius 3 is 2.83 bits per heavy atom. The molecule has 0 bridgehead atoms. The summed E-state index contributed by atoms with van der Waals surface area (Å²) in [4.78, 5) is 0. The van der Waals surface area contributed by atoms with Crippen molar-refractivity contribution in [3.05, 3.63) is 11.6 Å². The lowest BCUT2D eigenvalue weighted by Crippen LogP contribution is -2.32. The number of hydrogen-bond acceptors (Lipinski definition) is 2. The Hall–Kier alpha value is -0.340. The Morgan fingerprint density at radius 2 is 2.17 bits per heavy atom. The smallest absolute Gasteiger partial charge is 0.172 e. The Balaban J connectivity index is 2.06. The van der Waals surface area contributed by atoms with Crippen LogP contribution in [-0.4, -0.2) is 19.0 Å². The molecule has 0 unspecified atom stereocenters. The summed E-state index contributed by atoms with van der Waals surface area (Å²) in [6, 6.07) is 0. The summed E-state index contributed by atoms with van der Waals surface area (Å²) in [6.45, 7) is 3.74. The standard InChI is InChI=1S/C10H16O2/c1-2-9-4-3-5-10(8-9)11-6-7-12-10/h4H,2-3,5-8H2,1H3. The highest BCUT2D eigenvalue weighted by molar-refractivity contribution is 5.09. The van der Waals surface area contributed by atoms with Gasteiger partial charge in [0.2, 0.25) is 0 Å². The topological polar surface area (TPSA) is 18.5 Å². The summed E-state index contributed by atoms with van der Waals surface area (Å²) in [5.74, 6) is -0.222. The first kappa shape index (κ1) is 8.27. The molecule has 1 fully saturated rings. The second-order valence-electron chi connectivity index (χ2n) is 3.54. The van der Waals surface area contributed by atoms with Crippen LogP contribution < -0.4 is 0 Å². The van der Waals surface area contributed by atoms with E-state index in [9.17, 15) is 0 Å². The van der Waals surface area contributed by atoms with Crippen molar-refractivity contribution in [3.8, 4) is 0 Å². The monoisotopic (exact) mass is 168 g/mol. The van der Waals surface area contributed by atoms with Crippen molar-refractivity contribution in [1.82, 2.24) is 0 Å². The maximum absolute atomic E-state index is 5.65. The van der Waals surface area contributed by atoms with Crippen LogP contribution in [0.5, 0.6) is 0 Å². The Kier molecular flexibility index (Phi) is 2.20. The molecular formula is C10H16O2. The minimum absolute atomic E-state index is 0.222. The van der Waals surface area contributed by atoms with Gasteiger partial charge in [-0.3, -0.25) is 0 Å². The summed E-state index contributed by atoms with van der Waals surface area (Å²) < 4.78 is 11.3. The SMILES string of the molecule is CCC1=CCCC2(C1)OCCO2. The van der Waals surface area contributed by atoms with Crippen molar-refractivity contribution in [1.29, 1.82) is 0 Å². The molecule has 1 spiro atoms.